The van der Waals surface area contributed by atoms with Gasteiger partial charge in [0.1, 0.15) is 0 Å². The van der Waals surface area contributed by atoms with Gasteiger partial charge in [-0.3, -0.25) is 0 Å². The van der Waals surface area contributed by atoms with E-state index in [9.17, 15) is 4.39 Å². The van der Waals surface area contributed by atoms with E-state index in [0.29, 0.717) is 10.6 Å². The summed E-state index contributed by atoms with van der Waals surface area (Å²) >= 11 is 5.72. The van der Waals surface area contributed by atoms with Crippen molar-refractivity contribution in [2.75, 3.05) is 7.05 Å². The third kappa shape index (κ3) is 2.17. The Morgan fingerprint density at radius 1 is 1.54 bits per heavy atom. The predicted molar refractivity (Wildman–Crippen MR) is 51.3 cm³/mol. The van der Waals surface area contributed by atoms with Crippen LogP contribution in [0.4, 0.5) is 4.39 Å². The van der Waals surface area contributed by atoms with E-state index in [2.05, 4.69) is 10.3 Å². The average molecular weight is 203 g/mol. The zero-order valence-corrected chi connectivity index (χ0v) is 8.61. The molecule has 1 aromatic heterocycles. The molecule has 72 valence electrons. The van der Waals surface area contributed by atoms with Gasteiger partial charge >= 0.3 is 0 Å². The number of halogens is 2. The highest BCUT2D eigenvalue weighted by Crippen LogP contribution is 2.23. The summed E-state index contributed by atoms with van der Waals surface area (Å²) < 4.78 is 13.2. The molecule has 0 radical (unpaired) electrons. The van der Waals surface area contributed by atoms with Crippen LogP contribution in [0.15, 0.2) is 12.3 Å². The molecule has 1 heterocycles. The van der Waals surface area contributed by atoms with Crippen molar-refractivity contribution in [3.05, 3.63) is 28.8 Å². The number of hydrogen-bond acceptors (Lipinski definition) is 2. The van der Waals surface area contributed by atoms with Gasteiger partial charge in [0, 0.05) is 17.3 Å². The summed E-state index contributed by atoms with van der Waals surface area (Å²) in [5, 5.41) is 3.43. The predicted octanol–water partition coefficient (Wildman–Crippen LogP) is 2.33. The standard InChI is InChI=1S/C9H12ClFN2/c1-9(2,12-3)7-4-6(10)5-13-8(7)11/h4-5,12H,1-3H3. The van der Waals surface area contributed by atoms with Crippen LogP contribution in [-0.2, 0) is 5.54 Å². The summed E-state index contributed by atoms with van der Waals surface area (Å²) in [5.74, 6) is -0.483. The van der Waals surface area contributed by atoms with Crippen LogP contribution < -0.4 is 5.32 Å². The maximum Gasteiger partial charge on any atom is 0.217 e. The Balaban J connectivity index is 3.20. The van der Waals surface area contributed by atoms with E-state index in [1.165, 1.54) is 6.20 Å². The molecular weight excluding hydrogens is 191 g/mol. The van der Waals surface area contributed by atoms with Crippen LogP contribution in [0.25, 0.3) is 0 Å². The number of nitrogens with zero attached hydrogens (tertiary/aromatic N) is 1. The fourth-order valence-electron chi connectivity index (χ4n) is 0.996. The van der Waals surface area contributed by atoms with Crippen molar-refractivity contribution in [2.24, 2.45) is 0 Å². The Hall–Kier alpha value is -0.670. The number of hydrogen-bond donors (Lipinski definition) is 1. The molecule has 0 bridgehead atoms. The minimum absolute atomic E-state index is 0.444. The number of rotatable bonds is 2. The van der Waals surface area contributed by atoms with Gasteiger partial charge in [0.25, 0.3) is 0 Å². The Morgan fingerprint density at radius 3 is 2.69 bits per heavy atom. The van der Waals surface area contributed by atoms with Crippen molar-refractivity contribution in [3.8, 4) is 0 Å². The van der Waals surface area contributed by atoms with Crippen LogP contribution >= 0.6 is 11.6 Å². The van der Waals surface area contributed by atoms with Crippen molar-refractivity contribution in [2.45, 2.75) is 19.4 Å². The largest absolute Gasteiger partial charge is 0.311 e. The summed E-state index contributed by atoms with van der Waals surface area (Å²) in [5.41, 5.74) is 0.0182. The minimum Gasteiger partial charge on any atom is -0.311 e. The molecule has 1 aromatic rings. The number of aromatic nitrogens is 1. The summed E-state index contributed by atoms with van der Waals surface area (Å²) in [6.07, 6.45) is 1.30. The molecular formula is C9H12ClFN2. The first-order chi connectivity index (χ1) is 5.97. The van der Waals surface area contributed by atoms with Crippen molar-refractivity contribution in [1.82, 2.24) is 10.3 Å². The molecule has 4 heteroatoms. The quantitative estimate of drug-likeness (QED) is 0.745. The first-order valence-electron chi connectivity index (χ1n) is 3.98. The normalized spacial score (nSPS) is 11.8. The maximum absolute atomic E-state index is 13.2. The van der Waals surface area contributed by atoms with Crippen LogP contribution in [-0.4, -0.2) is 12.0 Å². The van der Waals surface area contributed by atoms with Crippen molar-refractivity contribution in [3.63, 3.8) is 0 Å². The van der Waals surface area contributed by atoms with Gasteiger partial charge in [0.15, 0.2) is 0 Å². The van der Waals surface area contributed by atoms with Crippen LogP contribution in [0.2, 0.25) is 5.02 Å². The Morgan fingerprint density at radius 2 is 2.15 bits per heavy atom. The smallest absolute Gasteiger partial charge is 0.217 e. The fourth-order valence-corrected chi connectivity index (χ4v) is 1.15. The van der Waals surface area contributed by atoms with Crippen molar-refractivity contribution in [1.29, 1.82) is 0 Å². The average Bonchev–Trinajstić information content (AvgIpc) is 2.09. The lowest BCUT2D eigenvalue weighted by molar-refractivity contribution is 0.411. The fraction of sp³-hybridized carbons (Fsp3) is 0.444. The van der Waals surface area contributed by atoms with E-state index in [1.54, 1.807) is 13.1 Å². The molecule has 2 nitrogen and oxygen atoms in total. The summed E-state index contributed by atoms with van der Waals surface area (Å²) in [6.45, 7) is 3.73. The molecule has 0 aromatic carbocycles. The third-order valence-corrected chi connectivity index (χ3v) is 2.31. The van der Waals surface area contributed by atoms with Crippen LogP contribution in [0.1, 0.15) is 19.4 Å². The molecule has 0 unspecified atom stereocenters. The second-order valence-corrected chi connectivity index (χ2v) is 3.80. The van der Waals surface area contributed by atoms with E-state index < -0.39 is 11.5 Å². The molecule has 0 aliphatic heterocycles. The lowest BCUT2D eigenvalue weighted by Crippen LogP contribution is -2.34. The van der Waals surface area contributed by atoms with E-state index >= 15 is 0 Å². The topological polar surface area (TPSA) is 24.9 Å². The second kappa shape index (κ2) is 3.60. The first kappa shape index (κ1) is 10.4. The Labute approximate surface area is 82.1 Å². The van der Waals surface area contributed by atoms with E-state index in [0.717, 1.165) is 0 Å². The van der Waals surface area contributed by atoms with E-state index in [1.807, 2.05) is 13.8 Å². The molecule has 0 amide bonds. The zero-order chi connectivity index (χ0) is 10.1. The van der Waals surface area contributed by atoms with Gasteiger partial charge in [0.05, 0.1) is 5.02 Å². The van der Waals surface area contributed by atoms with Crippen LogP contribution in [0.3, 0.4) is 0 Å². The zero-order valence-electron chi connectivity index (χ0n) is 7.86. The Bertz CT molecular complexity index is 312. The number of pyridine rings is 1. The van der Waals surface area contributed by atoms with Crippen LogP contribution in [0, 0.1) is 5.95 Å². The molecule has 0 spiro atoms. The molecule has 0 aliphatic carbocycles. The van der Waals surface area contributed by atoms with Crippen LogP contribution in [0.5, 0.6) is 0 Å². The summed E-state index contributed by atoms with van der Waals surface area (Å²) in [6, 6.07) is 1.58. The highest BCUT2D eigenvalue weighted by atomic mass is 35.5. The molecule has 1 rings (SSSR count). The molecule has 13 heavy (non-hydrogen) atoms. The first-order valence-corrected chi connectivity index (χ1v) is 4.35. The molecule has 0 saturated carbocycles. The number of nitrogens with one attached hydrogen (secondary N) is 1. The van der Waals surface area contributed by atoms with Gasteiger partial charge in [-0.15, -0.1) is 0 Å². The highest BCUT2D eigenvalue weighted by molar-refractivity contribution is 6.30. The van der Waals surface area contributed by atoms with Crippen molar-refractivity contribution >= 4 is 11.6 Å². The SMILES string of the molecule is CNC(C)(C)c1cc(Cl)cnc1F. The molecule has 1 N–H and O–H groups in total. The Kier molecular flexibility index (Phi) is 2.88. The third-order valence-electron chi connectivity index (χ3n) is 2.10. The van der Waals surface area contributed by atoms with Gasteiger partial charge in [-0.1, -0.05) is 11.6 Å². The van der Waals surface area contributed by atoms with Gasteiger partial charge in [-0.2, -0.15) is 4.39 Å². The van der Waals surface area contributed by atoms with E-state index in [-0.39, 0.29) is 0 Å². The highest BCUT2D eigenvalue weighted by Gasteiger charge is 2.22. The minimum atomic E-state index is -0.483. The summed E-state index contributed by atoms with van der Waals surface area (Å²) in [4.78, 5) is 3.55. The van der Waals surface area contributed by atoms with Crippen molar-refractivity contribution < 1.29 is 4.39 Å². The maximum atomic E-state index is 13.2. The molecule has 0 atom stereocenters. The molecule has 0 saturated heterocycles. The van der Waals surface area contributed by atoms with Gasteiger partial charge in [-0.25, -0.2) is 4.98 Å². The lowest BCUT2D eigenvalue weighted by Gasteiger charge is -2.24. The summed E-state index contributed by atoms with van der Waals surface area (Å²) in [7, 11) is 1.76. The van der Waals surface area contributed by atoms with Gasteiger partial charge in [0.2, 0.25) is 5.95 Å². The van der Waals surface area contributed by atoms with Gasteiger partial charge in [-0.05, 0) is 27.0 Å². The molecule has 0 aliphatic rings. The second-order valence-electron chi connectivity index (χ2n) is 3.37. The molecule has 0 fully saturated rings. The van der Waals surface area contributed by atoms with Gasteiger partial charge < -0.3 is 5.32 Å². The van der Waals surface area contributed by atoms with E-state index in [4.69, 9.17) is 11.6 Å². The monoisotopic (exact) mass is 202 g/mol. The lowest BCUT2D eigenvalue weighted by atomic mass is 9.96.